The Labute approximate surface area is 179 Å². The molecule has 156 valence electrons. The van der Waals surface area contributed by atoms with E-state index in [1.54, 1.807) is 18.2 Å². The maximum Gasteiger partial charge on any atom is 0.416 e. The quantitative estimate of drug-likeness (QED) is 0.516. The number of amides is 2. The maximum atomic E-state index is 12.8. The first-order valence-corrected chi connectivity index (χ1v) is 9.28. The first-order valence-electron chi connectivity index (χ1n) is 8.53. The van der Waals surface area contributed by atoms with E-state index in [9.17, 15) is 22.8 Å². The lowest BCUT2D eigenvalue weighted by molar-refractivity contribution is -0.137. The number of anilines is 2. The number of halogens is 5. The first-order chi connectivity index (χ1) is 14.1. The van der Waals surface area contributed by atoms with Crippen LogP contribution >= 0.6 is 23.2 Å². The van der Waals surface area contributed by atoms with Crippen LogP contribution in [0, 0.1) is 0 Å². The van der Waals surface area contributed by atoms with Crippen LogP contribution in [-0.2, 0) is 12.7 Å². The summed E-state index contributed by atoms with van der Waals surface area (Å²) in [6.45, 7) is 0.0715. The van der Waals surface area contributed by atoms with E-state index in [0.29, 0.717) is 15.6 Å². The third kappa shape index (κ3) is 5.14. The molecule has 0 aliphatic heterocycles. The Hall–Kier alpha value is -2.97. The van der Waals surface area contributed by atoms with Crippen LogP contribution < -0.4 is 16.2 Å². The molecule has 0 aliphatic rings. The highest BCUT2D eigenvalue weighted by Crippen LogP contribution is 2.30. The molecule has 30 heavy (non-hydrogen) atoms. The summed E-state index contributed by atoms with van der Waals surface area (Å²) >= 11 is 12.3. The standard InChI is InChI=1S/C20H14Cl2F3N3O2/c21-15-6-2-7-16(22)14(15)11-28-9-3-8-17(18(28)29)27-19(30)26-13-5-1-4-12(10-13)20(23,24)25/h1-10H,11H2,(H2,26,27,30). The third-order valence-electron chi connectivity index (χ3n) is 4.11. The normalized spacial score (nSPS) is 11.2. The molecule has 1 heterocycles. The zero-order valence-electron chi connectivity index (χ0n) is 15.1. The minimum Gasteiger partial charge on any atom is -0.309 e. The molecule has 0 saturated heterocycles. The van der Waals surface area contributed by atoms with Crippen molar-refractivity contribution in [3.8, 4) is 0 Å². The molecule has 3 aromatic rings. The minimum absolute atomic E-state index is 0.0647. The number of benzene rings is 2. The molecular weight excluding hydrogens is 442 g/mol. The zero-order chi connectivity index (χ0) is 21.9. The van der Waals surface area contributed by atoms with Gasteiger partial charge in [0.05, 0.1) is 12.1 Å². The Morgan fingerprint density at radius 1 is 0.967 bits per heavy atom. The molecule has 0 fully saturated rings. The van der Waals surface area contributed by atoms with Gasteiger partial charge in [0.2, 0.25) is 0 Å². The molecule has 1 aromatic heterocycles. The predicted octanol–water partition coefficient (Wildman–Crippen LogP) is 5.87. The maximum absolute atomic E-state index is 12.8. The van der Waals surface area contributed by atoms with E-state index >= 15 is 0 Å². The number of pyridine rings is 1. The summed E-state index contributed by atoms with van der Waals surface area (Å²) < 4.78 is 39.7. The molecule has 0 spiro atoms. The van der Waals surface area contributed by atoms with Gasteiger partial charge < -0.3 is 15.2 Å². The van der Waals surface area contributed by atoms with E-state index in [0.717, 1.165) is 12.1 Å². The van der Waals surface area contributed by atoms with Gasteiger partial charge in [-0.3, -0.25) is 4.79 Å². The fraction of sp³-hybridized carbons (Fsp3) is 0.100. The van der Waals surface area contributed by atoms with E-state index in [-0.39, 0.29) is 17.9 Å². The summed E-state index contributed by atoms with van der Waals surface area (Å²) in [6, 6.07) is 11.1. The minimum atomic E-state index is -4.54. The van der Waals surface area contributed by atoms with Crippen LogP contribution in [0.25, 0.3) is 0 Å². The fourth-order valence-corrected chi connectivity index (χ4v) is 3.19. The fourth-order valence-electron chi connectivity index (χ4n) is 2.67. The molecule has 5 nitrogen and oxygen atoms in total. The molecule has 3 rings (SSSR count). The Balaban J connectivity index is 1.77. The van der Waals surface area contributed by atoms with Crippen LogP contribution in [0.5, 0.6) is 0 Å². The molecular formula is C20H14Cl2F3N3O2. The number of alkyl halides is 3. The number of hydrogen-bond donors (Lipinski definition) is 2. The van der Waals surface area contributed by atoms with Crippen molar-refractivity contribution >= 4 is 40.6 Å². The Kier molecular flexibility index (Phi) is 6.38. The highest BCUT2D eigenvalue weighted by atomic mass is 35.5. The van der Waals surface area contributed by atoms with Gasteiger partial charge in [-0.05, 0) is 42.5 Å². The van der Waals surface area contributed by atoms with Gasteiger partial charge in [-0.15, -0.1) is 0 Å². The van der Waals surface area contributed by atoms with Crippen LogP contribution in [0.4, 0.5) is 29.3 Å². The van der Waals surface area contributed by atoms with E-state index < -0.39 is 23.3 Å². The summed E-state index contributed by atoms with van der Waals surface area (Å²) in [6.07, 6.45) is -3.04. The SMILES string of the molecule is O=C(Nc1cccc(C(F)(F)F)c1)Nc1cccn(Cc2c(Cl)cccc2Cl)c1=O. The molecule has 2 N–H and O–H groups in total. The van der Waals surface area contributed by atoms with Crippen molar-refractivity contribution in [1.29, 1.82) is 0 Å². The summed E-state index contributed by atoms with van der Waals surface area (Å²) in [7, 11) is 0. The van der Waals surface area contributed by atoms with Crippen molar-refractivity contribution in [3.63, 3.8) is 0 Å². The molecule has 0 bridgehead atoms. The van der Waals surface area contributed by atoms with Crippen LogP contribution in [0.1, 0.15) is 11.1 Å². The van der Waals surface area contributed by atoms with E-state index in [4.69, 9.17) is 23.2 Å². The third-order valence-corrected chi connectivity index (χ3v) is 4.81. The molecule has 2 aromatic carbocycles. The van der Waals surface area contributed by atoms with Gasteiger partial charge in [0.15, 0.2) is 0 Å². The zero-order valence-corrected chi connectivity index (χ0v) is 16.6. The molecule has 0 atom stereocenters. The number of carbonyl (C=O) groups excluding carboxylic acids is 1. The van der Waals surface area contributed by atoms with Crippen molar-refractivity contribution in [2.24, 2.45) is 0 Å². The van der Waals surface area contributed by atoms with Crippen molar-refractivity contribution in [3.05, 3.63) is 92.3 Å². The average Bonchev–Trinajstić information content (AvgIpc) is 2.67. The van der Waals surface area contributed by atoms with Crippen LogP contribution in [0.3, 0.4) is 0 Å². The van der Waals surface area contributed by atoms with Crippen molar-refractivity contribution in [2.45, 2.75) is 12.7 Å². The number of nitrogens with zero attached hydrogens (tertiary/aromatic N) is 1. The monoisotopic (exact) mass is 455 g/mol. The second-order valence-corrected chi connectivity index (χ2v) is 7.03. The second-order valence-electron chi connectivity index (χ2n) is 6.21. The largest absolute Gasteiger partial charge is 0.416 e. The Morgan fingerprint density at radius 2 is 1.63 bits per heavy atom. The topological polar surface area (TPSA) is 63.1 Å². The second kappa shape index (κ2) is 8.81. The summed E-state index contributed by atoms with van der Waals surface area (Å²) in [5.41, 5.74) is -1.04. The van der Waals surface area contributed by atoms with Gasteiger partial charge in [-0.1, -0.05) is 35.3 Å². The highest BCUT2D eigenvalue weighted by molar-refractivity contribution is 6.35. The van der Waals surface area contributed by atoms with Crippen LogP contribution in [0.15, 0.2) is 65.6 Å². The number of hydrogen-bond acceptors (Lipinski definition) is 2. The number of aromatic nitrogens is 1. The number of nitrogens with one attached hydrogen (secondary N) is 2. The Morgan fingerprint density at radius 3 is 2.30 bits per heavy atom. The summed E-state index contributed by atoms with van der Waals surface area (Å²) in [4.78, 5) is 24.8. The lowest BCUT2D eigenvalue weighted by atomic mass is 10.2. The predicted molar refractivity (Wildman–Crippen MR) is 110 cm³/mol. The Bertz CT molecular complexity index is 1130. The van der Waals surface area contributed by atoms with Gasteiger partial charge in [-0.25, -0.2) is 4.79 Å². The smallest absolute Gasteiger partial charge is 0.309 e. The molecule has 2 amide bonds. The van der Waals surface area contributed by atoms with E-state index in [1.165, 1.54) is 35.0 Å². The molecule has 0 unspecified atom stereocenters. The first kappa shape index (κ1) is 21.7. The van der Waals surface area contributed by atoms with Crippen molar-refractivity contribution in [2.75, 3.05) is 10.6 Å². The van der Waals surface area contributed by atoms with Gasteiger partial charge in [0.25, 0.3) is 5.56 Å². The number of urea groups is 1. The number of rotatable bonds is 4. The van der Waals surface area contributed by atoms with Gasteiger partial charge in [0, 0.05) is 27.5 Å². The van der Waals surface area contributed by atoms with E-state index in [2.05, 4.69) is 10.6 Å². The molecule has 0 aliphatic carbocycles. The van der Waals surface area contributed by atoms with Gasteiger partial charge in [-0.2, -0.15) is 13.2 Å². The molecule has 0 radical (unpaired) electrons. The van der Waals surface area contributed by atoms with Gasteiger partial charge >= 0.3 is 12.2 Å². The highest BCUT2D eigenvalue weighted by Gasteiger charge is 2.30. The summed E-state index contributed by atoms with van der Waals surface area (Å²) in [5, 5.41) is 5.39. The molecule has 10 heteroatoms. The van der Waals surface area contributed by atoms with Crippen LogP contribution in [-0.4, -0.2) is 10.6 Å². The summed E-state index contributed by atoms with van der Waals surface area (Å²) in [5.74, 6) is 0. The van der Waals surface area contributed by atoms with Crippen molar-refractivity contribution < 1.29 is 18.0 Å². The van der Waals surface area contributed by atoms with Crippen molar-refractivity contribution in [1.82, 2.24) is 4.57 Å². The van der Waals surface area contributed by atoms with Gasteiger partial charge in [0.1, 0.15) is 5.69 Å². The molecule has 0 saturated carbocycles. The van der Waals surface area contributed by atoms with E-state index in [1.807, 2.05) is 0 Å². The van der Waals surface area contributed by atoms with Crippen LogP contribution in [0.2, 0.25) is 10.0 Å². The number of carbonyl (C=O) groups is 1. The lowest BCUT2D eigenvalue weighted by Crippen LogP contribution is -2.28. The average molecular weight is 456 g/mol. The lowest BCUT2D eigenvalue weighted by Gasteiger charge is -2.13.